The van der Waals surface area contributed by atoms with Gasteiger partial charge in [0.05, 0.1) is 10.0 Å². The highest BCUT2D eigenvalue weighted by Gasteiger charge is 2.02. The van der Waals surface area contributed by atoms with Gasteiger partial charge in [0.1, 0.15) is 0 Å². The average molecular weight is 303 g/mol. The van der Waals surface area contributed by atoms with Crippen molar-refractivity contribution in [2.45, 2.75) is 6.54 Å². The second-order valence-electron chi connectivity index (χ2n) is 4.50. The summed E-state index contributed by atoms with van der Waals surface area (Å²) < 4.78 is 0. The lowest BCUT2D eigenvalue weighted by Crippen LogP contribution is -2.00. The monoisotopic (exact) mass is 302 g/mol. The van der Waals surface area contributed by atoms with Gasteiger partial charge in [-0.1, -0.05) is 47.5 Å². The van der Waals surface area contributed by atoms with Crippen LogP contribution < -0.4 is 5.32 Å². The Morgan fingerprint density at radius 2 is 1.80 bits per heavy atom. The molecule has 0 saturated heterocycles. The molecule has 1 heterocycles. The van der Waals surface area contributed by atoms with Gasteiger partial charge in [-0.05, 0) is 29.1 Å². The van der Waals surface area contributed by atoms with E-state index in [1.54, 1.807) is 6.07 Å². The minimum Gasteiger partial charge on any atom is -0.381 e. The number of anilines is 1. The fourth-order valence-corrected chi connectivity index (χ4v) is 2.42. The lowest BCUT2D eigenvalue weighted by atomic mass is 10.1. The lowest BCUT2D eigenvalue weighted by molar-refractivity contribution is 1.14. The fourth-order valence-electron chi connectivity index (χ4n) is 2.12. The summed E-state index contributed by atoms with van der Waals surface area (Å²) in [5, 5.41) is 6.79. The number of pyridine rings is 1. The summed E-state index contributed by atoms with van der Waals surface area (Å²) in [6, 6.07) is 13.7. The Morgan fingerprint density at radius 3 is 2.65 bits per heavy atom. The molecule has 0 fully saturated rings. The van der Waals surface area contributed by atoms with Crippen molar-refractivity contribution in [2.24, 2.45) is 0 Å². The predicted molar refractivity (Wildman–Crippen MR) is 85.5 cm³/mol. The first-order chi connectivity index (χ1) is 9.74. The zero-order valence-electron chi connectivity index (χ0n) is 10.6. The molecule has 20 heavy (non-hydrogen) atoms. The van der Waals surface area contributed by atoms with Crippen LogP contribution in [-0.2, 0) is 6.54 Å². The van der Waals surface area contributed by atoms with E-state index in [1.807, 2.05) is 36.7 Å². The number of aromatic nitrogens is 1. The number of rotatable bonds is 3. The van der Waals surface area contributed by atoms with E-state index >= 15 is 0 Å². The van der Waals surface area contributed by atoms with E-state index in [2.05, 4.69) is 22.4 Å². The van der Waals surface area contributed by atoms with Crippen LogP contribution in [0.1, 0.15) is 5.56 Å². The molecule has 3 aromatic rings. The molecule has 0 atom stereocenters. The summed E-state index contributed by atoms with van der Waals surface area (Å²) >= 11 is 11.9. The molecule has 2 nitrogen and oxygen atoms in total. The van der Waals surface area contributed by atoms with E-state index in [1.165, 1.54) is 5.39 Å². The number of fused-ring (bicyclic) bond motifs is 1. The van der Waals surface area contributed by atoms with Crippen LogP contribution in [0.3, 0.4) is 0 Å². The highest BCUT2D eigenvalue weighted by Crippen LogP contribution is 2.25. The molecule has 0 aliphatic rings. The Hall–Kier alpha value is -1.77. The van der Waals surface area contributed by atoms with Gasteiger partial charge in [0, 0.05) is 30.0 Å². The van der Waals surface area contributed by atoms with Crippen LogP contribution in [0.25, 0.3) is 10.8 Å². The maximum absolute atomic E-state index is 6.01. The summed E-state index contributed by atoms with van der Waals surface area (Å²) in [7, 11) is 0. The number of nitrogens with zero attached hydrogens (tertiary/aromatic N) is 1. The van der Waals surface area contributed by atoms with Crippen molar-refractivity contribution in [1.82, 2.24) is 4.98 Å². The van der Waals surface area contributed by atoms with E-state index in [9.17, 15) is 0 Å². The summed E-state index contributed by atoms with van der Waals surface area (Å²) in [4.78, 5) is 4.27. The van der Waals surface area contributed by atoms with Gasteiger partial charge in [0.15, 0.2) is 0 Å². The van der Waals surface area contributed by atoms with Crippen molar-refractivity contribution in [3.8, 4) is 0 Å². The van der Waals surface area contributed by atoms with Crippen molar-refractivity contribution in [3.05, 3.63) is 70.5 Å². The standard InChI is InChI=1S/C16H12Cl2N2/c17-15-6-5-13(7-16(15)18)20-10-12-9-19-8-11-3-1-2-4-14(11)12/h1-9,20H,10H2. The minimum atomic E-state index is 0.549. The second kappa shape index (κ2) is 5.70. The largest absolute Gasteiger partial charge is 0.381 e. The maximum Gasteiger partial charge on any atom is 0.0612 e. The van der Waals surface area contributed by atoms with E-state index in [-0.39, 0.29) is 0 Å². The Balaban J connectivity index is 1.85. The maximum atomic E-state index is 6.01. The minimum absolute atomic E-state index is 0.549. The van der Waals surface area contributed by atoms with Crippen molar-refractivity contribution in [2.75, 3.05) is 5.32 Å². The van der Waals surface area contributed by atoms with Crippen LogP contribution >= 0.6 is 23.2 Å². The number of benzene rings is 2. The Kier molecular flexibility index (Phi) is 3.77. The van der Waals surface area contributed by atoms with E-state index in [0.717, 1.165) is 16.6 Å². The van der Waals surface area contributed by atoms with Crippen molar-refractivity contribution in [1.29, 1.82) is 0 Å². The van der Waals surface area contributed by atoms with E-state index < -0.39 is 0 Å². The smallest absolute Gasteiger partial charge is 0.0612 e. The third-order valence-corrected chi connectivity index (χ3v) is 3.89. The van der Waals surface area contributed by atoms with Gasteiger partial charge in [0.2, 0.25) is 0 Å². The van der Waals surface area contributed by atoms with Crippen LogP contribution in [0.2, 0.25) is 10.0 Å². The third-order valence-electron chi connectivity index (χ3n) is 3.15. The summed E-state index contributed by atoms with van der Waals surface area (Å²) in [6.07, 6.45) is 3.75. The van der Waals surface area contributed by atoms with Crippen LogP contribution in [0.15, 0.2) is 54.9 Å². The van der Waals surface area contributed by atoms with Crippen LogP contribution in [-0.4, -0.2) is 4.98 Å². The molecule has 1 aromatic heterocycles. The lowest BCUT2D eigenvalue weighted by Gasteiger charge is -2.09. The first kappa shape index (κ1) is 13.2. The number of halogens is 2. The SMILES string of the molecule is Clc1ccc(NCc2cncc3ccccc23)cc1Cl. The molecule has 0 bridgehead atoms. The zero-order chi connectivity index (χ0) is 13.9. The van der Waals surface area contributed by atoms with Gasteiger partial charge in [-0.15, -0.1) is 0 Å². The molecule has 0 aliphatic heterocycles. The Bertz CT molecular complexity index is 751. The number of nitrogens with one attached hydrogen (secondary N) is 1. The predicted octanol–water partition coefficient (Wildman–Crippen LogP) is 5.15. The molecule has 100 valence electrons. The second-order valence-corrected chi connectivity index (χ2v) is 5.32. The highest BCUT2D eigenvalue weighted by molar-refractivity contribution is 6.42. The first-order valence-electron chi connectivity index (χ1n) is 6.24. The summed E-state index contributed by atoms with van der Waals surface area (Å²) in [5.74, 6) is 0. The van der Waals surface area contributed by atoms with Gasteiger partial charge >= 0.3 is 0 Å². The normalized spacial score (nSPS) is 10.7. The van der Waals surface area contributed by atoms with Gasteiger partial charge in [-0.3, -0.25) is 4.98 Å². The number of hydrogen-bond donors (Lipinski definition) is 1. The molecular formula is C16H12Cl2N2. The summed E-state index contributed by atoms with van der Waals surface area (Å²) in [6.45, 7) is 0.687. The molecule has 0 unspecified atom stereocenters. The molecule has 2 aromatic carbocycles. The van der Waals surface area contributed by atoms with Gasteiger partial charge in [-0.25, -0.2) is 0 Å². The Morgan fingerprint density at radius 1 is 0.950 bits per heavy atom. The van der Waals surface area contributed by atoms with Crippen molar-refractivity contribution in [3.63, 3.8) is 0 Å². The van der Waals surface area contributed by atoms with E-state index in [4.69, 9.17) is 23.2 Å². The van der Waals surface area contributed by atoms with Gasteiger partial charge < -0.3 is 5.32 Å². The van der Waals surface area contributed by atoms with Crippen molar-refractivity contribution < 1.29 is 0 Å². The van der Waals surface area contributed by atoms with Gasteiger partial charge in [-0.2, -0.15) is 0 Å². The fraction of sp³-hybridized carbons (Fsp3) is 0.0625. The topological polar surface area (TPSA) is 24.9 Å². The van der Waals surface area contributed by atoms with Gasteiger partial charge in [0.25, 0.3) is 0 Å². The quantitative estimate of drug-likeness (QED) is 0.723. The molecular weight excluding hydrogens is 291 g/mol. The third kappa shape index (κ3) is 2.72. The highest BCUT2D eigenvalue weighted by atomic mass is 35.5. The Labute approximate surface area is 127 Å². The van der Waals surface area contributed by atoms with Crippen LogP contribution in [0, 0.1) is 0 Å². The molecule has 3 rings (SSSR count). The molecule has 0 radical (unpaired) electrons. The number of hydrogen-bond acceptors (Lipinski definition) is 2. The summed E-state index contributed by atoms with van der Waals surface area (Å²) in [5.41, 5.74) is 2.08. The average Bonchev–Trinajstić information content (AvgIpc) is 2.48. The molecule has 0 spiro atoms. The van der Waals surface area contributed by atoms with E-state index in [0.29, 0.717) is 16.6 Å². The first-order valence-corrected chi connectivity index (χ1v) is 7.00. The van der Waals surface area contributed by atoms with Crippen LogP contribution in [0.4, 0.5) is 5.69 Å². The van der Waals surface area contributed by atoms with Crippen LogP contribution in [0.5, 0.6) is 0 Å². The molecule has 0 saturated carbocycles. The molecule has 0 amide bonds. The molecule has 0 aliphatic carbocycles. The molecule has 4 heteroatoms. The zero-order valence-corrected chi connectivity index (χ0v) is 12.1. The molecule has 1 N–H and O–H groups in total. The van der Waals surface area contributed by atoms with Crippen molar-refractivity contribution >= 4 is 39.7 Å².